The summed E-state index contributed by atoms with van der Waals surface area (Å²) in [6, 6.07) is 13.5. The molecule has 0 radical (unpaired) electrons. The molecule has 2 aromatic carbocycles. The minimum atomic E-state index is -3.64. The molecule has 0 amide bonds. The van der Waals surface area contributed by atoms with Crippen molar-refractivity contribution < 1.29 is 16.8 Å². The van der Waals surface area contributed by atoms with Crippen molar-refractivity contribution in [3.63, 3.8) is 0 Å². The van der Waals surface area contributed by atoms with E-state index in [1.165, 1.54) is 4.31 Å². The van der Waals surface area contributed by atoms with Gasteiger partial charge in [-0.1, -0.05) is 51.1 Å². The van der Waals surface area contributed by atoms with Crippen molar-refractivity contribution in [1.29, 1.82) is 0 Å². The van der Waals surface area contributed by atoms with Crippen LogP contribution in [0.2, 0.25) is 0 Å². The van der Waals surface area contributed by atoms with Crippen molar-refractivity contribution in [1.82, 2.24) is 9.03 Å². The predicted octanol–water partition coefficient (Wildman–Crippen LogP) is 3.42. The zero-order chi connectivity index (χ0) is 22.2. The average molecular weight is 451 g/mol. The standard InChI is InChI=1S/C22H30N2O4S2/c1-17-10-11-18(22(2,3)4)16-21(17)30(27,28)24-14-12-19(13-15-24)23-29(25,26)20-8-6-5-7-9-20/h5-11,16,19,23H,12-15H2,1-4H3. The zero-order valence-corrected chi connectivity index (χ0v) is 19.6. The maximum Gasteiger partial charge on any atom is 0.243 e. The van der Waals surface area contributed by atoms with Crippen molar-refractivity contribution in [2.45, 2.75) is 61.8 Å². The van der Waals surface area contributed by atoms with Crippen LogP contribution in [0.25, 0.3) is 0 Å². The van der Waals surface area contributed by atoms with Crippen molar-refractivity contribution in [2.24, 2.45) is 0 Å². The summed E-state index contributed by atoms with van der Waals surface area (Å²) in [5.41, 5.74) is 1.54. The smallest absolute Gasteiger partial charge is 0.208 e. The molecule has 0 unspecified atom stereocenters. The van der Waals surface area contributed by atoms with Crippen LogP contribution in [0.4, 0.5) is 0 Å². The fourth-order valence-corrected chi connectivity index (χ4v) is 6.63. The van der Waals surface area contributed by atoms with E-state index in [9.17, 15) is 16.8 Å². The Hall–Kier alpha value is -1.74. The second-order valence-corrected chi connectivity index (χ2v) is 12.5. The highest BCUT2D eigenvalue weighted by atomic mass is 32.2. The molecule has 164 valence electrons. The van der Waals surface area contributed by atoms with Crippen LogP contribution in [0.1, 0.15) is 44.7 Å². The van der Waals surface area contributed by atoms with Gasteiger partial charge in [0, 0.05) is 19.1 Å². The number of hydrogen-bond acceptors (Lipinski definition) is 4. The van der Waals surface area contributed by atoms with Crippen LogP contribution in [0, 0.1) is 6.92 Å². The molecule has 0 saturated carbocycles. The number of piperidine rings is 1. The Bertz CT molecular complexity index is 1100. The molecule has 0 atom stereocenters. The van der Waals surface area contributed by atoms with Gasteiger partial charge in [0.1, 0.15) is 0 Å². The van der Waals surface area contributed by atoms with E-state index in [0.717, 1.165) is 11.1 Å². The topological polar surface area (TPSA) is 83.6 Å². The molecule has 0 bridgehead atoms. The van der Waals surface area contributed by atoms with Crippen LogP contribution in [-0.2, 0) is 25.5 Å². The Morgan fingerprint density at radius 2 is 1.53 bits per heavy atom. The van der Waals surface area contributed by atoms with E-state index >= 15 is 0 Å². The lowest BCUT2D eigenvalue weighted by molar-refractivity contribution is 0.308. The molecule has 8 heteroatoms. The van der Waals surface area contributed by atoms with Gasteiger partial charge in [-0.25, -0.2) is 21.6 Å². The lowest BCUT2D eigenvalue weighted by Crippen LogP contribution is -2.46. The Kier molecular flexibility index (Phi) is 6.43. The first-order valence-electron chi connectivity index (χ1n) is 10.1. The maximum atomic E-state index is 13.3. The van der Waals surface area contributed by atoms with Crippen LogP contribution in [-0.4, -0.2) is 40.3 Å². The van der Waals surface area contributed by atoms with E-state index in [-0.39, 0.29) is 29.4 Å². The third-order valence-electron chi connectivity index (χ3n) is 5.50. The van der Waals surface area contributed by atoms with Crippen molar-refractivity contribution >= 4 is 20.0 Å². The summed E-state index contributed by atoms with van der Waals surface area (Å²) in [7, 11) is -7.25. The second-order valence-electron chi connectivity index (χ2n) is 8.84. The Morgan fingerprint density at radius 3 is 2.10 bits per heavy atom. The summed E-state index contributed by atoms with van der Waals surface area (Å²) in [6.45, 7) is 8.53. The van der Waals surface area contributed by atoms with Crippen molar-refractivity contribution in [2.75, 3.05) is 13.1 Å². The van der Waals surface area contributed by atoms with Crippen molar-refractivity contribution in [3.05, 3.63) is 59.7 Å². The molecular formula is C22H30N2O4S2. The monoisotopic (exact) mass is 450 g/mol. The number of aryl methyl sites for hydroxylation is 1. The molecule has 1 saturated heterocycles. The van der Waals surface area contributed by atoms with E-state index in [0.29, 0.717) is 17.7 Å². The van der Waals surface area contributed by atoms with Gasteiger partial charge in [-0.15, -0.1) is 0 Å². The third-order valence-corrected chi connectivity index (χ3v) is 9.08. The van der Waals surface area contributed by atoms with E-state index in [1.807, 2.05) is 12.1 Å². The van der Waals surface area contributed by atoms with Gasteiger partial charge in [0.15, 0.2) is 0 Å². The minimum Gasteiger partial charge on any atom is -0.208 e. The van der Waals surface area contributed by atoms with E-state index in [2.05, 4.69) is 25.5 Å². The lowest BCUT2D eigenvalue weighted by atomic mass is 9.87. The molecule has 1 aliphatic rings. The van der Waals surface area contributed by atoms with Gasteiger partial charge >= 0.3 is 0 Å². The minimum absolute atomic E-state index is 0.152. The first-order chi connectivity index (χ1) is 13.9. The van der Waals surface area contributed by atoms with Gasteiger partial charge < -0.3 is 0 Å². The zero-order valence-electron chi connectivity index (χ0n) is 17.9. The van der Waals surface area contributed by atoms with Crippen LogP contribution in [0.15, 0.2) is 58.3 Å². The fourth-order valence-electron chi connectivity index (χ4n) is 3.58. The summed E-state index contributed by atoms with van der Waals surface area (Å²) in [5.74, 6) is 0. The molecular weight excluding hydrogens is 420 g/mol. The average Bonchev–Trinajstić information content (AvgIpc) is 2.68. The third kappa shape index (κ3) is 4.94. The highest BCUT2D eigenvalue weighted by Crippen LogP contribution is 2.29. The van der Waals surface area contributed by atoms with Crippen LogP contribution in [0.5, 0.6) is 0 Å². The fraction of sp³-hybridized carbons (Fsp3) is 0.455. The second kappa shape index (κ2) is 8.42. The lowest BCUT2D eigenvalue weighted by Gasteiger charge is -2.32. The highest BCUT2D eigenvalue weighted by molar-refractivity contribution is 7.89. The van der Waals surface area contributed by atoms with Gasteiger partial charge in [-0.2, -0.15) is 4.31 Å². The first-order valence-corrected chi connectivity index (χ1v) is 13.0. The summed E-state index contributed by atoms with van der Waals surface area (Å²) >= 11 is 0. The molecule has 1 heterocycles. The maximum absolute atomic E-state index is 13.3. The van der Waals surface area contributed by atoms with E-state index in [1.54, 1.807) is 43.3 Å². The SMILES string of the molecule is Cc1ccc(C(C)(C)C)cc1S(=O)(=O)N1CCC(NS(=O)(=O)c2ccccc2)CC1. The highest BCUT2D eigenvalue weighted by Gasteiger charge is 2.32. The van der Waals surface area contributed by atoms with E-state index in [4.69, 9.17) is 0 Å². The number of benzene rings is 2. The van der Waals surface area contributed by atoms with Gasteiger partial charge in [0.05, 0.1) is 9.79 Å². The Balaban J connectivity index is 1.73. The molecule has 0 aliphatic carbocycles. The van der Waals surface area contributed by atoms with Gasteiger partial charge in [0.2, 0.25) is 20.0 Å². The quantitative estimate of drug-likeness (QED) is 0.757. The molecule has 0 aromatic heterocycles. The first kappa shape index (κ1) is 22.9. The number of sulfonamides is 2. The Morgan fingerprint density at radius 1 is 0.933 bits per heavy atom. The summed E-state index contributed by atoms with van der Waals surface area (Å²) in [4.78, 5) is 0.549. The molecule has 6 nitrogen and oxygen atoms in total. The van der Waals surface area contributed by atoms with Crippen LogP contribution < -0.4 is 4.72 Å². The number of rotatable bonds is 5. The Labute approximate surface area is 180 Å². The number of nitrogens with zero attached hydrogens (tertiary/aromatic N) is 1. The van der Waals surface area contributed by atoms with Gasteiger partial charge in [0.25, 0.3) is 0 Å². The summed E-state index contributed by atoms with van der Waals surface area (Å²) < 4.78 is 55.8. The summed E-state index contributed by atoms with van der Waals surface area (Å²) in [5, 5.41) is 0. The molecule has 30 heavy (non-hydrogen) atoms. The van der Waals surface area contributed by atoms with E-state index < -0.39 is 20.0 Å². The van der Waals surface area contributed by atoms with Gasteiger partial charge in [-0.3, -0.25) is 0 Å². The van der Waals surface area contributed by atoms with Crippen LogP contribution in [0.3, 0.4) is 0 Å². The molecule has 1 aliphatic heterocycles. The largest absolute Gasteiger partial charge is 0.243 e. The van der Waals surface area contributed by atoms with Crippen LogP contribution >= 0.6 is 0 Å². The molecule has 2 aromatic rings. The molecule has 0 spiro atoms. The van der Waals surface area contributed by atoms with Gasteiger partial charge in [-0.05, 0) is 54.5 Å². The normalized spacial score (nSPS) is 17.2. The number of hydrogen-bond donors (Lipinski definition) is 1. The molecule has 3 rings (SSSR count). The predicted molar refractivity (Wildman–Crippen MR) is 118 cm³/mol. The number of nitrogens with one attached hydrogen (secondary N) is 1. The molecule has 1 fully saturated rings. The van der Waals surface area contributed by atoms with Crippen molar-refractivity contribution in [3.8, 4) is 0 Å². The summed E-state index contributed by atoms with van der Waals surface area (Å²) in [6.07, 6.45) is 0.868. The molecule has 1 N–H and O–H groups in total.